The van der Waals surface area contributed by atoms with Gasteiger partial charge in [-0.15, -0.1) is 0 Å². The lowest BCUT2D eigenvalue weighted by atomic mass is 10.1. The van der Waals surface area contributed by atoms with Gasteiger partial charge in [0.2, 0.25) is 0 Å². The van der Waals surface area contributed by atoms with Crippen LogP contribution in [-0.4, -0.2) is 10.1 Å². The molecule has 17 heavy (non-hydrogen) atoms. The van der Waals surface area contributed by atoms with Crippen molar-refractivity contribution in [3.63, 3.8) is 0 Å². The highest BCUT2D eigenvalue weighted by atomic mass is 35.5. The zero-order valence-electron chi connectivity index (χ0n) is 8.62. The molecule has 0 atom stereocenters. The minimum absolute atomic E-state index is 0.139. The van der Waals surface area contributed by atoms with Crippen LogP contribution in [0.2, 0.25) is 15.1 Å². The van der Waals surface area contributed by atoms with Crippen LogP contribution in [0.3, 0.4) is 0 Å². The Bertz CT molecular complexity index is 557. The van der Waals surface area contributed by atoms with Gasteiger partial charge < -0.3 is 5.11 Å². The van der Waals surface area contributed by atoms with Gasteiger partial charge in [0, 0.05) is 16.8 Å². The lowest BCUT2D eigenvalue weighted by Crippen LogP contribution is -1.91. The van der Waals surface area contributed by atoms with Crippen molar-refractivity contribution in [3.8, 4) is 11.3 Å². The Morgan fingerprint density at radius 3 is 2.47 bits per heavy atom. The number of rotatable bonds is 2. The largest absolute Gasteiger partial charge is 0.392 e. The molecule has 0 saturated heterocycles. The summed E-state index contributed by atoms with van der Waals surface area (Å²) in [6.45, 7) is -0.139. The van der Waals surface area contributed by atoms with E-state index in [2.05, 4.69) is 4.98 Å². The van der Waals surface area contributed by atoms with Crippen molar-refractivity contribution < 1.29 is 5.11 Å². The second-order valence-corrected chi connectivity index (χ2v) is 4.69. The normalized spacial score (nSPS) is 10.6. The molecule has 1 heterocycles. The monoisotopic (exact) mass is 287 g/mol. The van der Waals surface area contributed by atoms with Crippen molar-refractivity contribution in [1.82, 2.24) is 4.98 Å². The van der Waals surface area contributed by atoms with E-state index in [0.29, 0.717) is 26.3 Å². The van der Waals surface area contributed by atoms with Crippen molar-refractivity contribution in [2.45, 2.75) is 6.61 Å². The molecule has 2 rings (SSSR count). The summed E-state index contributed by atoms with van der Waals surface area (Å²) in [4.78, 5) is 4.18. The van der Waals surface area contributed by atoms with Crippen molar-refractivity contribution in [3.05, 3.63) is 51.1 Å². The lowest BCUT2D eigenvalue weighted by molar-refractivity contribution is 0.282. The van der Waals surface area contributed by atoms with E-state index in [1.54, 1.807) is 24.3 Å². The molecular weight excluding hydrogens is 280 g/mol. The molecule has 0 aliphatic rings. The Morgan fingerprint density at radius 1 is 1.06 bits per heavy atom. The van der Waals surface area contributed by atoms with E-state index in [0.717, 1.165) is 5.56 Å². The van der Waals surface area contributed by atoms with Gasteiger partial charge in [-0.1, -0.05) is 34.8 Å². The van der Waals surface area contributed by atoms with Gasteiger partial charge in [-0.25, -0.2) is 0 Å². The highest BCUT2D eigenvalue weighted by Gasteiger charge is 2.08. The number of hydrogen-bond acceptors (Lipinski definition) is 2. The van der Waals surface area contributed by atoms with Gasteiger partial charge in [0.1, 0.15) is 0 Å². The van der Waals surface area contributed by atoms with E-state index in [1.165, 1.54) is 6.20 Å². The van der Waals surface area contributed by atoms with Gasteiger partial charge in [-0.05, 0) is 29.8 Å². The molecule has 1 aromatic carbocycles. The number of pyridine rings is 1. The van der Waals surface area contributed by atoms with E-state index < -0.39 is 0 Å². The van der Waals surface area contributed by atoms with E-state index in [1.807, 2.05) is 0 Å². The zero-order chi connectivity index (χ0) is 12.4. The SMILES string of the molecule is OCc1cc(-c2ccc(Cl)cc2Cl)ncc1Cl. The zero-order valence-corrected chi connectivity index (χ0v) is 10.9. The molecule has 0 saturated carbocycles. The Kier molecular flexibility index (Phi) is 3.89. The fourth-order valence-corrected chi connectivity index (χ4v) is 2.11. The third-order valence-corrected chi connectivity index (χ3v) is 3.20. The van der Waals surface area contributed by atoms with Crippen LogP contribution in [-0.2, 0) is 6.61 Å². The average molecular weight is 289 g/mol. The molecule has 1 N–H and O–H groups in total. The summed E-state index contributed by atoms with van der Waals surface area (Å²) in [5.74, 6) is 0. The first-order chi connectivity index (χ1) is 8.11. The van der Waals surface area contributed by atoms with Crippen LogP contribution >= 0.6 is 34.8 Å². The Balaban J connectivity index is 2.53. The predicted molar refractivity (Wildman–Crippen MR) is 70.6 cm³/mol. The van der Waals surface area contributed by atoms with Crippen LogP contribution in [0.4, 0.5) is 0 Å². The maximum Gasteiger partial charge on any atom is 0.0721 e. The second-order valence-electron chi connectivity index (χ2n) is 3.44. The molecule has 88 valence electrons. The predicted octanol–water partition coefficient (Wildman–Crippen LogP) is 4.20. The van der Waals surface area contributed by atoms with E-state index in [-0.39, 0.29) is 6.61 Å². The van der Waals surface area contributed by atoms with Gasteiger partial charge in [-0.2, -0.15) is 0 Å². The number of benzene rings is 1. The van der Waals surface area contributed by atoms with Gasteiger partial charge in [0.15, 0.2) is 0 Å². The van der Waals surface area contributed by atoms with E-state index in [4.69, 9.17) is 39.9 Å². The van der Waals surface area contributed by atoms with Crippen molar-refractivity contribution >= 4 is 34.8 Å². The molecule has 5 heteroatoms. The number of nitrogens with zero attached hydrogens (tertiary/aromatic N) is 1. The Morgan fingerprint density at radius 2 is 1.82 bits per heavy atom. The summed E-state index contributed by atoms with van der Waals surface area (Å²) in [5.41, 5.74) is 2.02. The first-order valence-electron chi connectivity index (χ1n) is 4.82. The average Bonchev–Trinajstić information content (AvgIpc) is 2.30. The summed E-state index contributed by atoms with van der Waals surface area (Å²) in [6, 6.07) is 6.87. The summed E-state index contributed by atoms with van der Waals surface area (Å²) in [7, 11) is 0. The molecule has 1 aromatic heterocycles. The summed E-state index contributed by atoms with van der Waals surface area (Å²) in [5, 5.41) is 10.6. The molecule has 2 nitrogen and oxygen atoms in total. The highest BCUT2D eigenvalue weighted by molar-refractivity contribution is 6.36. The third kappa shape index (κ3) is 2.72. The summed E-state index contributed by atoms with van der Waals surface area (Å²) < 4.78 is 0. The molecule has 2 aromatic rings. The van der Waals surface area contributed by atoms with Crippen LogP contribution in [0.15, 0.2) is 30.5 Å². The van der Waals surface area contributed by atoms with Gasteiger partial charge in [0.05, 0.1) is 22.3 Å². The third-order valence-electron chi connectivity index (χ3n) is 2.31. The molecular formula is C12H8Cl3NO. The molecule has 0 fully saturated rings. The fourth-order valence-electron chi connectivity index (χ4n) is 1.45. The van der Waals surface area contributed by atoms with Crippen LogP contribution < -0.4 is 0 Å². The second kappa shape index (κ2) is 5.23. The smallest absolute Gasteiger partial charge is 0.0721 e. The maximum atomic E-state index is 9.14. The van der Waals surface area contributed by atoms with Gasteiger partial charge >= 0.3 is 0 Å². The van der Waals surface area contributed by atoms with Crippen molar-refractivity contribution in [2.75, 3.05) is 0 Å². The van der Waals surface area contributed by atoms with Crippen LogP contribution in [0, 0.1) is 0 Å². The minimum atomic E-state index is -0.139. The quantitative estimate of drug-likeness (QED) is 0.898. The summed E-state index contributed by atoms with van der Waals surface area (Å²) in [6.07, 6.45) is 1.49. The first-order valence-corrected chi connectivity index (χ1v) is 5.96. The number of aromatic nitrogens is 1. The number of hydrogen-bond donors (Lipinski definition) is 1. The Labute approximate surface area is 114 Å². The van der Waals surface area contributed by atoms with Crippen LogP contribution in [0.25, 0.3) is 11.3 Å². The molecule has 0 aliphatic carbocycles. The van der Waals surface area contributed by atoms with Gasteiger partial charge in [-0.3, -0.25) is 4.98 Å². The van der Waals surface area contributed by atoms with E-state index in [9.17, 15) is 0 Å². The number of aliphatic hydroxyl groups excluding tert-OH is 1. The molecule has 0 unspecified atom stereocenters. The summed E-state index contributed by atoms with van der Waals surface area (Å²) >= 11 is 17.8. The van der Waals surface area contributed by atoms with Gasteiger partial charge in [0.25, 0.3) is 0 Å². The topological polar surface area (TPSA) is 33.1 Å². The van der Waals surface area contributed by atoms with Crippen molar-refractivity contribution in [2.24, 2.45) is 0 Å². The standard InChI is InChI=1S/C12H8Cl3NO/c13-8-1-2-9(10(14)4-8)12-3-7(6-17)11(15)5-16-12/h1-5,17H,6H2. The van der Waals surface area contributed by atoms with Crippen LogP contribution in [0.1, 0.15) is 5.56 Å². The fraction of sp³-hybridized carbons (Fsp3) is 0.0833. The van der Waals surface area contributed by atoms with Crippen LogP contribution in [0.5, 0.6) is 0 Å². The molecule has 0 radical (unpaired) electrons. The number of aliphatic hydroxyl groups is 1. The lowest BCUT2D eigenvalue weighted by Gasteiger charge is -2.07. The maximum absolute atomic E-state index is 9.14. The Hall–Kier alpha value is -0.800. The molecule has 0 bridgehead atoms. The van der Waals surface area contributed by atoms with E-state index >= 15 is 0 Å². The highest BCUT2D eigenvalue weighted by Crippen LogP contribution is 2.30. The minimum Gasteiger partial charge on any atom is -0.392 e. The molecule has 0 aliphatic heterocycles. The molecule has 0 amide bonds. The molecule has 0 spiro atoms. The first kappa shape index (κ1) is 12.7. The number of halogens is 3. The van der Waals surface area contributed by atoms with Crippen molar-refractivity contribution in [1.29, 1.82) is 0 Å².